The van der Waals surface area contributed by atoms with Gasteiger partial charge < -0.3 is 15.2 Å². The molecule has 2 heterocycles. The molecule has 3 aromatic rings. The van der Waals surface area contributed by atoms with Gasteiger partial charge in [-0.25, -0.2) is 0 Å². The van der Waals surface area contributed by atoms with E-state index in [1.54, 1.807) is 0 Å². The zero-order valence-electron chi connectivity index (χ0n) is 13.1. The van der Waals surface area contributed by atoms with Crippen molar-refractivity contribution >= 4 is 28.2 Å². The maximum absolute atomic E-state index is 12.3. The third kappa shape index (κ3) is 2.68. The number of rotatable bonds is 3. The fourth-order valence-electron chi connectivity index (χ4n) is 3.25. The van der Waals surface area contributed by atoms with Crippen LogP contribution in [-0.2, 0) is 17.6 Å². The van der Waals surface area contributed by atoms with Crippen molar-refractivity contribution in [2.75, 3.05) is 23.8 Å². The van der Waals surface area contributed by atoms with Crippen molar-refractivity contribution in [2.45, 2.75) is 12.8 Å². The first-order chi connectivity index (χ1) is 11.2. The van der Waals surface area contributed by atoms with Crippen molar-refractivity contribution in [3.8, 4) is 0 Å². The quantitative estimate of drug-likeness (QED) is 0.779. The number of nitrogens with one attached hydrogen (secondary N) is 2. The van der Waals surface area contributed by atoms with Crippen LogP contribution in [0.3, 0.4) is 0 Å². The molecule has 116 valence electrons. The minimum Gasteiger partial charge on any atom is -0.374 e. The van der Waals surface area contributed by atoms with E-state index >= 15 is 0 Å². The van der Waals surface area contributed by atoms with Crippen LogP contribution in [0.15, 0.2) is 48.7 Å². The normalized spacial score (nSPS) is 13.3. The number of aromatic amines is 1. The van der Waals surface area contributed by atoms with Crippen LogP contribution in [0.4, 0.5) is 11.4 Å². The van der Waals surface area contributed by atoms with E-state index in [4.69, 9.17) is 0 Å². The Morgan fingerprint density at radius 1 is 1.22 bits per heavy atom. The molecule has 0 fully saturated rings. The molecule has 0 aliphatic carbocycles. The summed E-state index contributed by atoms with van der Waals surface area (Å²) in [5, 5.41) is 4.15. The Morgan fingerprint density at radius 3 is 3.04 bits per heavy atom. The molecule has 0 bridgehead atoms. The molecule has 0 saturated heterocycles. The van der Waals surface area contributed by atoms with Gasteiger partial charge in [0.05, 0.1) is 6.42 Å². The molecule has 4 nitrogen and oxygen atoms in total. The average Bonchev–Trinajstić information content (AvgIpc) is 3.13. The van der Waals surface area contributed by atoms with Crippen LogP contribution in [-0.4, -0.2) is 24.5 Å². The second kappa shape index (κ2) is 5.47. The molecular formula is C19H19N3O. The maximum Gasteiger partial charge on any atom is 0.228 e. The van der Waals surface area contributed by atoms with E-state index in [0.717, 1.165) is 35.1 Å². The summed E-state index contributed by atoms with van der Waals surface area (Å²) >= 11 is 0. The van der Waals surface area contributed by atoms with Gasteiger partial charge in [0.15, 0.2) is 0 Å². The predicted molar refractivity (Wildman–Crippen MR) is 94.0 cm³/mol. The van der Waals surface area contributed by atoms with Gasteiger partial charge in [-0.2, -0.15) is 0 Å². The van der Waals surface area contributed by atoms with Crippen LogP contribution in [0.25, 0.3) is 10.9 Å². The SMILES string of the molecule is CN1CCc2cc(NC(=O)Cc3ccc4[nH]ccc4c3)ccc21. The minimum absolute atomic E-state index is 0.0196. The number of amides is 1. The van der Waals surface area contributed by atoms with E-state index in [-0.39, 0.29) is 5.91 Å². The lowest BCUT2D eigenvalue weighted by molar-refractivity contribution is -0.115. The summed E-state index contributed by atoms with van der Waals surface area (Å²) < 4.78 is 0. The molecule has 0 radical (unpaired) electrons. The highest BCUT2D eigenvalue weighted by Gasteiger charge is 2.16. The van der Waals surface area contributed by atoms with Crippen LogP contribution in [0, 0.1) is 0 Å². The van der Waals surface area contributed by atoms with Gasteiger partial charge in [-0.3, -0.25) is 4.79 Å². The summed E-state index contributed by atoms with van der Waals surface area (Å²) in [7, 11) is 2.10. The topological polar surface area (TPSA) is 48.1 Å². The van der Waals surface area contributed by atoms with Crippen LogP contribution in [0.5, 0.6) is 0 Å². The van der Waals surface area contributed by atoms with E-state index < -0.39 is 0 Å². The number of fused-ring (bicyclic) bond motifs is 2. The van der Waals surface area contributed by atoms with E-state index in [1.165, 1.54) is 11.3 Å². The van der Waals surface area contributed by atoms with Crippen molar-refractivity contribution in [2.24, 2.45) is 0 Å². The number of hydrogen-bond donors (Lipinski definition) is 2. The lowest BCUT2D eigenvalue weighted by atomic mass is 10.1. The number of carbonyl (C=O) groups is 1. The van der Waals surface area contributed by atoms with Gasteiger partial charge in [0.2, 0.25) is 5.91 Å². The third-order valence-corrected chi connectivity index (χ3v) is 4.47. The second-order valence-corrected chi connectivity index (χ2v) is 6.14. The Morgan fingerprint density at radius 2 is 2.13 bits per heavy atom. The van der Waals surface area contributed by atoms with E-state index in [1.807, 2.05) is 30.5 Å². The standard InChI is InChI=1S/C19H19N3O/c1-22-9-7-15-12-16(3-5-18(15)22)21-19(23)11-13-2-4-17-14(10-13)6-8-20-17/h2-6,8,10,12,20H,7,9,11H2,1H3,(H,21,23). The highest BCUT2D eigenvalue weighted by atomic mass is 16.1. The Balaban J connectivity index is 1.47. The van der Waals surface area contributed by atoms with Crippen molar-refractivity contribution in [1.29, 1.82) is 0 Å². The van der Waals surface area contributed by atoms with Crippen LogP contribution in [0.2, 0.25) is 0 Å². The van der Waals surface area contributed by atoms with Gasteiger partial charge in [-0.15, -0.1) is 0 Å². The van der Waals surface area contributed by atoms with Gasteiger partial charge in [-0.05, 0) is 59.3 Å². The monoisotopic (exact) mass is 305 g/mol. The number of nitrogens with zero attached hydrogens (tertiary/aromatic N) is 1. The molecule has 23 heavy (non-hydrogen) atoms. The third-order valence-electron chi connectivity index (χ3n) is 4.47. The van der Waals surface area contributed by atoms with Crippen LogP contribution < -0.4 is 10.2 Å². The van der Waals surface area contributed by atoms with Crippen LogP contribution in [0.1, 0.15) is 11.1 Å². The van der Waals surface area contributed by atoms with Gasteiger partial charge in [0.25, 0.3) is 0 Å². The first-order valence-electron chi connectivity index (χ1n) is 7.89. The molecule has 1 aliphatic rings. The Labute approximate surface area is 135 Å². The summed E-state index contributed by atoms with van der Waals surface area (Å²) in [6, 6.07) is 14.2. The fraction of sp³-hybridized carbons (Fsp3) is 0.211. The van der Waals surface area contributed by atoms with Crippen LogP contribution >= 0.6 is 0 Å². The highest BCUT2D eigenvalue weighted by molar-refractivity contribution is 5.93. The van der Waals surface area contributed by atoms with E-state index in [2.05, 4.69) is 40.4 Å². The number of likely N-dealkylation sites (N-methyl/N-ethyl adjacent to an activating group) is 1. The molecule has 4 heteroatoms. The highest BCUT2D eigenvalue weighted by Crippen LogP contribution is 2.29. The number of H-pyrrole nitrogens is 1. The maximum atomic E-state index is 12.3. The average molecular weight is 305 g/mol. The second-order valence-electron chi connectivity index (χ2n) is 6.14. The summed E-state index contributed by atoms with van der Waals surface area (Å²) in [5.41, 5.74) is 5.57. The molecule has 4 rings (SSSR count). The molecule has 0 atom stereocenters. The molecular weight excluding hydrogens is 286 g/mol. The number of benzene rings is 2. The van der Waals surface area contributed by atoms with Gasteiger partial charge >= 0.3 is 0 Å². The van der Waals surface area contributed by atoms with Crippen molar-refractivity contribution < 1.29 is 4.79 Å². The van der Waals surface area contributed by atoms with Gasteiger partial charge in [0.1, 0.15) is 0 Å². The minimum atomic E-state index is 0.0196. The first kappa shape index (κ1) is 13.9. The smallest absolute Gasteiger partial charge is 0.228 e. The largest absolute Gasteiger partial charge is 0.374 e. The lowest BCUT2D eigenvalue weighted by Crippen LogP contribution is -2.14. The van der Waals surface area contributed by atoms with Crippen molar-refractivity contribution in [1.82, 2.24) is 4.98 Å². The molecule has 2 N–H and O–H groups in total. The first-order valence-corrected chi connectivity index (χ1v) is 7.89. The Bertz CT molecular complexity index is 881. The Hall–Kier alpha value is -2.75. The zero-order chi connectivity index (χ0) is 15.8. The van der Waals surface area contributed by atoms with Crippen molar-refractivity contribution in [3.05, 3.63) is 59.8 Å². The summed E-state index contributed by atoms with van der Waals surface area (Å²) in [6.07, 6.45) is 3.34. The predicted octanol–water partition coefficient (Wildman–Crippen LogP) is 3.34. The number of aromatic nitrogens is 1. The molecule has 1 aliphatic heterocycles. The van der Waals surface area contributed by atoms with Gasteiger partial charge in [0, 0.05) is 36.7 Å². The molecule has 2 aromatic carbocycles. The molecule has 1 amide bonds. The number of carbonyl (C=O) groups excluding carboxylic acids is 1. The summed E-state index contributed by atoms with van der Waals surface area (Å²) in [6.45, 7) is 1.05. The number of anilines is 2. The van der Waals surface area contributed by atoms with Crippen molar-refractivity contribution in [3.63, 3.8) is 0 Å². The summed E-state index contributed by atoms with van der Waals surface area (Å²) in [4.78, 5) is 17.7. The molecule has 0 unspecified atom stereocenters. The molecule has 0 spiro atoms. The van der Waals surface area contributed by atoms with E-state index in [0.29, 0.717) is 6.42 Å². The number of hydrogen-bond acceptors (Lipinski definition) is 2. The van der Waals surface area contributed by atoms with Gasteiger partial charge in [-0.1, -0.05) is 6.07 Å². The molecule has 0 saturated carbocycles. The summed E-state index contributed by atoms with van der Waals surface area (Å²) in [5.74, 6) is 0.0196. The van der Waals surface area contributed by atoms with E-state index in [9.17, 15) is 4.79 Å². The Kier molecular flexibility index (Phi) is 3.30. The fourth-order valence-corrected chi connectivity index (χ4v) is 3.25. The lowest BCUT2D eigenvalue weighted by Gasteiger charge is -2.12. The zero-order valence-corrected chi connectivity index (χ0v) is 13.1. The molecule has 1 aromatic heterocycles.